The summed E-state index contributed by atoms with van der Waals surface area (Å²) in [4.78, 5) is 7.10. The molecule has 1 aliphatic carbocycles. The number of aliphatic imine (C=N–C) groups is 1. The number of nitrogens with two attached hydrogens (primary N) is 1. The van der Waals surface area contributed by atoms with Gasteiger partial charge in [-0.2, -0.15) is 0 Å². The van der Waals surface area contributed by atoms with Crippen molar-refractivity contribution in [2.45, 2.75) is 64.3 Å². The Morgan fingerprint density at radius 3 is 2.96 bits per heavy atom. The van der Waals surface area contributed by atoms with Crippen LogP contribution in [0.25, 0.3) is 0 Å². The number of likely N-dealkylation sites (tertiary alicyclic amines) is 1. The average molecular weight is 329 g/mol. The van der Waals surface area contributed by atoms with Gasteiger partial charge in [0.15, 0.2) is 5.96 Å². The zero-order valence-electron chi connectivity index (χ0n) is 15.1. The van der Waals surface area contributed by atoms with Crippen molar-refractivity contribution in [3.63, 3.8) is 0 Å². The molecule has 0 spiro atoms. The first-order valence-corrected chi connectivity index (χ1v) is 9.65. The number of benzene rings is 1. The van der Waals surface area contributed by atoms with E-state index < -0.39 is 0 Å². The molecule has 1 heterocycles. The third-order valence-electron chi connectivity index (χ3n) is 5.45. The minimum Gasteiger partial charge on any atom is -0.370 e. The Morgan fingerprint density at radius 2 is 2.08 bits per heavy atom. The molecule has 1 aromatic rings. The van der Waals surface area contributed by atoms with E-state index >= 15 is 0 Å². The number of rotatable bonds is 6. The number of nitrogens with one attached hydrogen (secondary N) is 1. The smallest absolute Gasteiger partial charge is 0.193 e. The van der Waals surface area contributed by atoms with Gasteiger partial charge in [0, 0.05) is 18.3 Å². The Hall–Kier alpha value is -1.55. The van der Waals surface area contributed by atoms with Crippen LogP contribution in [-0.2, 0) is 12.8 Å². The number of hydrogen-bond acceptors (Lipinski definition) is 2. The molecule has 24 heavy (non-hydrogen) atoms. The number of fused-ring (bicyclic) bond motifs is 1. The maximum atomic E-state index is 6.03. The van der Waals surface area contributed by atoms with Crippen molar-refractivity contribution in [2.75, 3.05) is 25.0 Å². The predicted octanol–water partition coefficient (Wildman–Crippen LogP) is 3.56. The molecule has 0 bridgehead atoms. The number of piperidine rings is 1. The van der Waals surface area contributed by atoms with Crippen molar-refractivity contribution in [3.8, 4) is 0 Å². The second-order valence-electron chi connectivity index (χ2n) is 7.32. The summed E-state index contributed by atoms with van der Waals surface area (Å²) in [7, 11) is 0. The minimum absolute atomic E-state index is 0.541. The van der Waals surface area contributed by atoms with Gasteiger partial charge in [-0.3, -0.25) is 4.99 Å². The lowest BCUT2D eigenvalue weighted by atomic mass is 10.0. The molecular formula is C20H32N4. The molecule has 132 valence electrons. The van der Waals surface area contributed by atoms with Gasteiger partial charge in [-0.1, -0.05) is 12.5 Å². The molecule has 2 aliphatic rings. The minimum atomic E-state index is 0.541. The standard InChI is InChI=1S/C20H32N4/c1-16-7-2-4-13-24(16)14-5-3-12-22-20(21)23-19-11-10-17-8-6-9-18(17)15-19/h10-11,15-16H,2-9,12-14H2,1H3,(H3,21,22,23). The Bertz CT molecular complexity index is 567. The van der Waals surface area contributed by atoms with Crippen LogP contribution in [-0.4, -0.2) is 36.5 Å². The highest BCUT2D eigenvalue weighted by Crippen LogP contribution is 2.24. The summed E-state index contributed by atoms with van der Waals surface area (Å²) in [6.07, 6.45) is 10.1. The third-order valence-corrected chi connectivity index (χ3v) is 5.45. The Balaban J connectivity index is 1.37. The van der Waals surface area contributed by atoms with Crippen LogP contribution in [0.2, 0.25) is 0 Å². The average Bonchev–Trinajstić information content (AvgIpc) is 3.04. The lowest BCUT2D eigenvalue weighted by molar-refractivity contribution is 0.158. The molecule has 1 atom stereocenters. The van der Waals surface area contributed by atoms with Crippen LogP contribution in [0.1, 0.15) is 56.6 Å². The monoisotopic (exact) mass is 328 g/mol. The maximum Gasteiger partial charge on any atom is 0.193 e. The SMILES string of the molecule is CC1CCCCN1CCCCN=C(N)Nc1ccc2c(c1)CCC2. The molecule has 3 N–H and O–H groups in total. The van der Waals surface area contributed by atoms with Crippen molar-refractivity contribution in [1.29, 1.82) is 0 Å². The summed E-state index contributed by atoms with van der Waals surface area (Å²) < 4.78 is 0. The summed E-state index contributed by atoms with van der Waals surface area (Å²) in [5.74, 6) is 0.541. The van der Waals surface area contributed by atoms with Crippen LogP contribution in [0.15, 0.2) is 23.2 Å². The van der Waals surface area contributed by atoms with Gasteiger partial charge in [0.05, 0.1) is 0 Å². The van der Waals surface area contributed by atoms with E-state index in [0.29, 0.717) is 5.96 Å². The number of hydrogen-bond donors (Lipinski definition) is 2. The van der Waals surface area contributed by atoms with Crippen molar-refractivity contribution >= 4 is 11.6 Å². The van der Waals surface area contributed by atoms with Gasteiger partial charge < -0.3 is 16.0 Å². The molecular weight excluding hydrogens is 296 g/mol. The highest BCUT2D eigenvalue weighted by atomic mass is 15.2. The van der Waals surface area contributed by atoms with E-state index in [1.807, 2.05) is 0 Å². The van der Waals surface area contributed by atoms with Crippen molar-refractivity contribution < 1.29 is 0 Å². The Kier molecular flexibility index (Phi) is 6.13. The predicted molar refractivity (Wildman–Crippen MR) is 103 cm³/mol. The molecule has 4 nitrogen and oxygen atoms in total. The van der Waals surface area contributed by atoms with Gasteiger partial charge in [0.2, 0.25) is 0 Å². The van der Waals surface area contributed by atoms with Crippen LogP contribution < -0.4 is 11.1 Å². The van der Waals surface area contributed by atoms with Gasteiger partial charge in [0.1, 0.15) is 0 Å². The summed E-state index contributed by atoms with van der Waals surface area (Å²) in [5.41, 5.74) is 10.0. The first-order valence-electron chi connectivity index (χ1n) is 9.65. The normalized spacial score (nSPS) is 21.7. The van der Waals surface area contributed by atoms with E-state index in [0.717, 1.165) is 24.7 Å². The lowest BCUT2D eigenvalue weighted by Gasteiger charge is -2.33. The Labute approximate surface area is 146 Å². The molecule has 4 heteroatoms. The fraction of sp³-hybridized carbons (Fsp3) is 0.650. The summed E-state index contributed by atoms with van der Waals surface area (Å²) >= 11 is 0. The van der Waals surface area contributed by atoms with Crippen molar-refractivity contribution in [2.24, 2.45) is 10.7 Å². The van der Waals surface area contributed by atoms with E-state index in [2.05, 4.69) is 40.3 Å². The zero-order chi connectivity index (χ0) is 16.8. The van der Waals surface area contributed by atoms with Gasteiger partial charge in [-0.05, 0) is 88.2 Å². The summed E-state index contributed by atoms with van der Waals surface area (Å²) in [6, 6.07) is 7.32. The van der Waals surface area contributed by atoms with Gasteiger partial charge in [-0.25, -0.2) is 0 Å². The highest BCUT2D eigenvalue weighted by Gasteiger charge is 2.16. The van der Waals surface area contributed by atoms with Gasteiger partial charge in [-0.15, -0.1) is 0 Å². The first kappa shape index (κ1) is 17.3. The van der Waals surface area contributed by atoms with E-state index in [4.69, 9.17) is 5.73 Å². The van der Waals surface area contributed by atoms with Gasteiger partial charge >= 0.3 is 0 Å². The van der Waals surface area contributed by atoms with Crippen LogP contribution >= 0.6 is 0 Å². The van der Waals surface area contributed by atoms with E-state index in [9.17, 15) is 0 Å². The third kappa shape index (κ3) is 4.73. The highest BCUT2D eigenvalue weighted by molar-refractivity contribution is 5.92. The molecule has 1 unspecified atom stereocenters. The summed E-state index contributed by atoms with van der Waals surface area (Å²) in [6.45, 7) is 5.64. The number of guanidine groups is 1. The number of unbranched alkanes of at least 4 members (excludes halogenated alkanes) is 1. The molecule has 3 rings (SSSR count). The fourth-order valence-electron chi connectivity index (χ4n) is 3.95. The second kappa shape index (κ2) is 8.52. The van der Waals surface area contributed by atoms with Crippen LogP contribution in [0.5, 0.6) is 0 Å². The molecule has 0 amide bonds. The quantitative estimate of drug-likeness (QED) is 0.477. The molecule has 1 aromatic carbocycles. The van der Waals surface area contributed by atoms with E-state index in [-0.39, 0.29) is 0 Å². The molecule has 1 fully saturated rings. The molecule has 0 radical (unpaired) electrons. The number of aryl methyl sites for hydroxylation is 2. The first-order chi connectivity index (χ1) is 11.7. The molecule has 0 saturated carbocycles. The van der Waals surface area contributed by atoms with E-state index in [1.54, 1.807) is 0 Å². The molecule has 0 aromatic heterocycles. The topological polar surface area (TPSA) is 53.6 Å². The van der Waals surface area contributed by atoms with Crippen LogP contribution in [0.4, 0.5) is 5.69 Å². The molecule has 1 aliphatic heterocycles. The number of anilines is 1. The number of nitrogens with zero attached hydrogens (tertiary/aromatic N) is 2. The van der Waals surface area contributed by atoms with E-state index in [1.165, 1.54) is 69.2 Å². The fourth-order valence-corrected chi connectivity index (χ4v) is 3.95. The molecule has 1 saturated heterocycles. The largest absolute Gasteiger partial charge is 0.370 e. The summed E-state index contributed by atoms with van der Waals surface area (Å²) in [5, 5.41) is 3.24. The maximum absolute atomic E-state index is 6.03. The van der Waals surface area contributed by atoms with Gasteiger partial charge in [0.25, 0.3) is 0 Å². The Morgan fingerprint density at radius 1 is 1.21 bits per heavy atom. The lowest BCUT2D eigenvalue weighted by Crippen LogP contribution is -2.38. The van der Waals surface area contributed by atoms with Crippen LogP contribution in [0, 0.1) is 0 Å². The van der Waals surface area contributed by atoms with Crippen molar-refractivity contribution in [3.05, 3.63) is 29.3 Å². The second-order valence-corrected chi connectivity index (χ2v) is 7.32. The zero-order valence-corrected chi connectivity index (χ0v) is 15.1. The van der Waals surface area contributed by atoms with Crippen LogP contribution in [0.3, 0.4) is 0 Å². The van der Waals surface area contributed by atoms with Crippen molar-refractivity contribution in [1.82, 2.24) is 4.90 Å².